The van der Waals surface area contributed by atoms with Crippen molar-refractivity contribution in [3.8, 4) is 0 Å². The predicted molar refractivity (Wildman–Crippen MR) is 339 cm³/mol. The minimum atomic E-state index is -2.06. The number of hydrogen-bond acceptors (Lipinski definition) is 44. The molecule has 0 amide bonds. The van der Waals surface area contributed by atoms with Crippen LogP contribution in [0.4, 0.5) is 0 Å². The molecule has 44 nitrogen and oxygen atoms in total. The van der Waals surface area contributed by atoms with Crippen LogP contribution < -0.4 is 0 Å². The number of ether oxygens (including phenoxy) is 10. The van der Waals surface area contributed by atoms with Gasteiger partial charge in [-0.25, -0.2) is 0 Å². The molecule has 34 N–H and O–H groups in total. The highest BCUT2D eigenvalue weighted by Crippen LogP contribution is 2.37. The molecule has 0 radical (unpaired) electrons. The van der Waals surface area contributed by atoms with E-state index >= 15 is 0 Å². The van der Waals surface area contributed by atoms with Crippen LogP contribution in [0.1, 0.15) is 69.2 Å². The minimum Gasteiger partial charge on any atom is -0.394 e. The molecule has 9 fully saturated rings. The smallest absolute Gasteiger partial charge is 0.223 e. The number of rotatable bonds is 13. The first-order valence-electron chi connectivity index (χ1n) is 32.8. The Balaban J connectivity index is 0.000000620. The second-order valence-corrected chi connectivity index (χ2v) is 25.8. The first-order valence-corrected chi connectivity index (χ1v) is 32.8. The van der Waals surface area contributed by atoms with E-state index in [9.17, 15) is 112 Å². The van der Waals surface area contributed by atoms with E-state index in [1.54, 1.807) is 20.8 Å². The van der Waals surface area contributed by atoms with Gasteiger partial charge in [0.05, 0.1) is 82.9 Å². The molecule has 0 aromatic rings. The Hall–Kier alpha value is -1.76. The van der Waals surface area contributed by atoms with E-state index in [-0.39, 0.29) is 41.1 Å². The Morgan fingerprint density at radius 2 is 0.769 bits per heavy atom. The van der Waals surface area contributed by atoms with E-state index < -0.39 is 289 Å². The largest absolute Gasteiger partial charge is 0.394 e. The molecule has 8 aliphatic heterocycles. The number of hydrogen-bond donors (Lipinski definition) is 34. The number of aliphatic hydroxyl groups excluding tert-OH is 33. The molecule has 0 aromatic heterocycles. The van der Waals surface area contributed by atoms with Crippen molar-refractivity contribution in [1.82, 2.24) is 0 Å². The van der Waals surface area contributed by atoms with Gasteiger partial charge in [-0.2, -0.15) is 0 Å². The maximum absolute atomic E-state index is 10.1. The zero-order valence-corrected chi connectivity index (χ0v) is 56.5. The van der Waals surface area contributed by atoms with E-state index in [0.29, 0.717) is 6.42 Å². The molecule has 0 aromatic carbocycles. The number of aliphatic hydroxyl groups is 34. The van der Waals surface area contributed by atoms with Crippen LogP contribution in [-0.4, -0.2) is 477 Å². The van der Waals surface area contributed by atoms with Crippen LogP contribution in [0.25, 0.3) is 0 Å². The van der Waals surface area contributed by atoms with Crippen molar-refractivity contribution in [2.45, 2.75) is 319 Å². The summed E-state index contributed by atoms with van der Waals surface area (Å²) < 4.78 is 50.9. The van der Waals surface area contributed by atoms with Crippen molar-refractivity contribution < 1.29 is 221 Å². The molecule has 1 aliphatic carbocycles. The van der Waals surface area contributed by atoms with Crippen LogP contribution in [-0.2, 0) is 47.4 Å². The fraction of sp³-hybridized carbons (Fsp3) is 1.00. The molecule has 1 saturated carbocycles. The van der Waals surface area contributed by atoms with Gasteiger partial charge in [0.15, 0.2) is 24.7 Å². The van der Waals surface area contributed by atoms with E-state index in [2.05, 4.69) is 4.74 Å². The van der Waals surface area contributed by atoms with E-state index in [1.807, 2.05) is 0 Å². The third kappa shape index (κ3) is 24.4. The molecule has 624 valence electrons. The maximum Gasteiger partial charge on any atom is 0.223 e. The van der Waals surface area contributed by atoms with Crippen LogP contribution >= 0.6 is 0 Å². The average molecular weight is 1550 g/mol. The molecule has 104 heavy (non-hydrogen) atoms. The van der Waals surface area contributed by atoms with Gasteiger partial charge in [-0.15, -0.1) is 0 Å². The summed E-state index contributed by atoms with van der Waals surface area (Å²) in [5, 5.41) is 317. The summed E-state index contributed by atoms with van der Waals surface area (Å²) in [6, 6.07) is 0. The molecular weight excluding hydrogens is 1420 g/mol. The zero-order valence-electron chi connectivity index (χ0n) is 56.5. The first-order chi connectivity index (χ1) is 47.5. The minimum absolute atomic E-state index is 0. The molecule has 9 rings (SSSR count). The molecule has 17 unspecified atom stereocenters. The average Bonchev–Trinajstić information content (AvgIpc) is 1.62. The van der Waals surface area contributed by atoms with Gasteiger partial charge in [0.25, 0.3) is 0 Å². The zero-order chi connectivity index (χ0) is 78.2. The Morgan fingerprint density at radius 1 is 0.385 bits per heavy atom. The van der Waals surface area contributed by atoms with E-state index in [1.165, 1.54) is 20.8 Å². The third-order valence-electron chi connectivity index (χ3n) is 18.6. The van der Waals surface area contributed by atoms with Crippen molar-refractivity contribution >= 4 is 0 Å². The van der Waals surface area contributed by atoms with Crippen LogP contribution in [0.5, 0.6) is 0 Å². The maximum atomic E-state index is 10.1. The molecule has 44 heteroatoms. The molecule has 8 saturated heterocycles. The van der Waals surface area contributed by atoms with Crippen LogP contribution in [0.3, 0.4) is 0 Å². The molecule has 42 atom stereocenters. The summed E-state index contributed by atoms with van der Waals surface area (Å²) in [4.78, 5) is 0. The summed E-state index contributed by atoms with van der Waals surface area (Å²) in [6.45, 7) is 5.96. The Kier molecular flexibility index (Phi) is 43.4. The Labute approximate surface area is 597 Å². The Morgan fingerprint density at radius 3 is 1.15 bits per heavy atom. The van der Waals surface area contributed by atoms with E-state index in [4.69, 9.17) is 104 Å². The van der Waals surface area contributed by atoms with Crippen molar-refractivity contribution in [3.05, 3.63) is 0 Å². The summed E-state index contributed by atoms with van der Waals surface area (Å²) >= 11 is 0. The van der Waals surface area contributed by atoms with Gasteiger partial charge in [-0.05, 0) is 27.2 Å². The van der Waals surface area contributed by atoms with Gasteiger partial charge in [-0.3, -0.25) is 0 Å². The van der Waals surface area contributed by atoms with Gasteiger partial charge in [0.2, 0.25) is 5.79 Å². The van der Waals surface area contributed by atoms with Crippen molar-refractivity contribution in [2.75, 3.05) is 52.9 Å². The van der Waals surface area contributed by atoms with E-state index in [0.717, 1.165) is 0 Å². The quantitative estimate of drug-likeness (QED) is 0.0814. The lowest BCUT2D eigenvalue weighted by molar-refractivity contribution is -0.382. The highest BCUT2D eigenvalue weighted by molar-refractivity contribution is 5.00. The van der Waals surface area contributed by atoms with Crippen molar-refractivity contribution in [2.24, 2.45) is 5.92 Å². The highest BCUT2D eigenvalue weighted by Gasteiger charge is 2.58. The second kappa shape index (κ2) is 45.1. The van der Waals surface area contributed by atoms with Crippen LogP contribution in [0.2, 0.25) is 0 Å². The Bertz CT molecular complexity index is 2220. The molecule has 0 bridgehead atoms. The van der Waals surface area contributed by atoms with Crippen molar-refractivity contribution in [1.29, 1.82) is 0 Å². The van der Waals surface area contributed by atoms with Crippen LogP contribution in [0.15, 0.2) is 0 Å². The molecule has 9 aliphatic rings. The lowest BCUT2D eigenvalue weighted by Crippen LogP contribution is -2.64. The molecular formula is C60H120O44. The normalized spacial score (nSPS) is 49.3. The van der Waals surface area contributed by atoms with Gasteiger partial charge < -0.3 is 221 Å². The summed E-state index contributed by atoms with van der Waals surface area (Å²) in [7, 11) is 0. The molecule has 0 spiro atoms. The SMILES string of the molecule is C.C.CC1[C@@H](O)[C@H](O)C(O)[C@@H](O)[C@H]1O.CCC(O)C1OCC(O)C1O.CC[C@@]1(O)OC[C@@H](O)[C@H](O)C1O.C[C@H]1OC(CO)[C@@H](O)[C@@H](O)C1O.C[C@H]1OC(CO)[C@H](O[C@H]2OC(CO)[C@@H](O)C(O)[C@H]2O)C(O)[C@H]1O.C[C@H]1O[C@@](CO)(O[C@H]2OC(CO)[C@@H](O)[C@@H](O)C2O)[C@H](O)C1O.OC[C@H]1O[C@@H](O)C(O)[C@H]1O. The highest BCUT2D eigenvalue weighted by atomic mass is 16.8. The predicted octanol–water partition coefficient (Wildman–Crippen LogP) is -17.6. The van der Waals surface area contributed by atoms with Crippen LogP contribution in [0, 0.1) is 5.92 Å². The first kappa shape index (κ1) is 100. The van der Waals surface area contributed by atoms with Gasteiger partial charge >= 0.3 is 0 Å². The van der Waals surface area contributed by atoms with Crippen molar-refractivity contribution in [3.63, 3.8) is 0 Å². The fourth-order valence-electron chi connectivity index (χ4n) is 11.4. The van der Waals surface area contributed by atoms with Gasteiger partial charge in [-0.1, -0.05) is 35.6 Å². The summed E-state index contributed by atoms with van der Waals surface area (Å²) in [5.74, 6) is -4.43. The topological polar surface area (TPSA) is 780 Å². The lowest BCUT2D eigenvalue weighted by atomic mass is 9.80. The summed E-state index contributed by atoms with van der Waals surface area (Å²) in [6.07, 6.45) is -47.4. The third-order valence-corrected chi connectivity index (χ3v) is 18.6. The monoisotopic (exact) mass is 1540 g/mol. The fourth-order valence-corrected chi connectivity index (χ4v) is 11.4. The summed E-state index contributed by atoms with van der Waals surface area (Å²) in [5.41, 5.74) is 0. The molecule has 8 heterocycles. The van der Waals surface area contributed by atoms with Gasteiger partial charge in [0.1, 0.15) is 190 Å². The standard InChI is InChI=1S/C13H24O10.C12H22O10.3C7H14O5.C7H14O4.C5H10O5.2CH4/c1-4-7(16)10(19)12(6(3-15)21-4)23-13-11(20)9(18)8(17)5(2-14)22-13;1-4-6(15)10(19)12(3-14,21-4)22-11-9(18)8(17)7(16)5(2-13)20-11;1-3-5(9)7(11)6(10)4(2-8)12-3;1-2-7(11)6(10)5(9)4(8)3-12-7;1-2-3(8)5(10)7(12)6(11)4(2)9;1-2-4(8)7-6(10)5(9)3-11-7;6-1-2-3(7)4(8)5(9)10-2;;/h4-20H,2-3H2,1H3;4-11,13-19H,2-3H2,1H3;3-11H,2H2,1H3;4-6,8-11H,2-3H2,1H3;2-12H,1H3;4-10H,2-3H2,1H3;2-9H,1H2;2*1H4/t4-,5?,6?,7+,8-,9?,10?,11-,12+,13-;4-,5?,6?,7-,8-,9?,10-,11-,12+;3-,4?,5?,6-,7+;4-,5+,6?,7-;2?,3-,4+,5-,6-,7?;;2-,3+,4?,5-;;/m11110.1../s1. The van der Waals surface area contributed by atoms with Gasteiger partial charge in [0, 0.05) is 12.3 Å². The lowest BCUT2D eigenvalue weighted by Gasteiger charge is -2.45. The second-order valence-electron chi connectivity index (χ2n) is 25.8.